The van der Waals surface area contributed by atoms with E-state index in [1.807, 2.05) is 0 Å². The van der Waals surface area contributed by atoms with E-state index in [4.69, 9.17) is 5.73 Å². The molecule has 2 aromatic rings. The molecule has 1 aromatic carbocycles. The van der Waals surface area contributed by atoms with Crippen molar-refractivity contribution in [3.8, 4) is 0 Å². The van der Waals surface area contributed by atoms with Crippen LogP contribution in [0, 0.1) is 0 Å². The van der Waals surface area contributed by atoms with Gasteiger partial charge in [0.2, 0.25) is 0 Å². The summed E-state index contributed by atoms with van der Waals surface area (Å²) < 4.78 is 2.20. The summed E-state index contributed by atoms with van der Waals surface area (Å²) in [6, 6.07) is 8.89. The van der Waals surface area contributed by atoms with Crippen LogP contribution in [-0.4, -0.2) is 10.0 Å². The van der Waals surface area contributed by atoms with E-state index in [1.54, 1.807) is 11.9 Å². The average Bonchev–Trinajstić information content (AvgIpc) is 2.72. The highest BCUT2D eigenvalue weighted by Gasteiger charge is 2.28. The first kappa shape index (κ1) is 12.5. The van der Waals surface area contributed by atoms with Gasteiger partial charge in [-0.25, -0.2) is 0 Å². The summed E-state index contributed by atoms with van der Waals surface area (Å²) in [6.45, 7) is 6.56. The smallest absolute Gasteiger partial charge is 0.147 e. The number of nitrogen functional groups attached to an aromatic ring is 1. The van der Waals surface area contributed by atoms with Crippen molar-refractivity contribution in [1.29, 1.82) is 0 Å². The maximum absolute atomic E-state index is 6.34. The molecule has 0 amide bonds. The van der Waals surface area contributed by atoms with Gasteiger partial charge in [-0.05, 0) is 49.9 Å². The summed E-state index contributed by atoms with van der Waals surface area (Å²) in [5.41, 5.74) is 9.73. The molecule has 4 heteroatoms. The summed E-state index contributed by atoms with van der Waals surface area (Å²) in [4.78, 5) is 3.61. The lowest BCUT2D eigenvalue weighted by Crippen LogP contribution is -2.30. The molecule has 0 bridgehead atoms. The molecule has 0 atom stereocenters. The van der Waals surface area contributed by atoms with Crippen LogP contribution in [-0.2, 0) is 6.42 Å². The van der Waals surface area contributed by atoms with Crippen molar-refractivity contribution in [2.45, 2.75) is 38.1 Å². The highest BCUT2D eigenvalue weighted by molar-refractivity contribution is 7.98. The van der Waals surface area contributed by atoms with Gasteiger partial charge >= 0.3 is 0 Å². The Morgan fingerprint density at radius 3 is 2.68 bits per heavy atom. The fraction of sp³-hybridized carbons (Fsp3) is 0.333. The van der Waals surface area contributed by atoms with Gasteiger partial charge in [-0.3, -0.25) is 3.97 Å². The molecule has 1 aromatic heterocycles. The molecule has 1 aliphatic heterocycles. The highest BCUT2D eigenvalue weighted by Crippen LogP contribution is 2.47. The third kappa shape index (κ3) is 1.82. The van der Waals surface area contributed by atoms with Gasteiger partial charge in [0.15, 0.2) is 0 Å². The van der Waals surface area contributed by atoms with Crippen LogP contribution in [0.1, 0.15) is 26.3 Å². The number of aromatic nitrogens is 1. The maximum atomic E-state index is 6.34. The Kier molecular flexibility index (Phi) is 2.97. The molecule has 1 aliphatic rings. The molecule has 100 valence electrons. The third-order valence-corrected chi connectivity index (χ3v) is 4.53. The van der Waals surface area contributed by atoms with Gasteiger partial charge in [0.25, 0.3) is 0 Å². The van der Waals surface area contributed by atoms with Crippen molar-refractivity contribution in [2.75, 3.05) is 10.6 Å². The Bertz CT molecular complexity index is 616. The maximum Gasteiger partial charge on any atom is 0.147 e. The van der Waals surface area contributed by atoms with E-state index in [-0.39, 0.29) is 0 Å². The largest absolute Gasteiger partial charge is 0.395 e. The summed E-state index contributed by atoms with van der Waals surface area (Å²) in [7, 11) is 0. The van der Waals surface area contributed by atoms with Crippen LogP contribution in [0.3, 0.4) is 0 Å². The molecule has 3 rings (SSSR count). The molecule has 19 heavy (non-hydrogen) atoms. The molecule has 0 spiro atoms. The predicted octanol–water partition coefficient (Wildman–Crippen LogP) is 4.05. The summed E-state index contributed by atoms with van der Waals surface area (Å²) in [5.74, 6) is 1.12. The molecule has 0 aliphatic carbocycles. The number of hydrogen-bond acceptors (Lipinski definition) is 3. The monoisotopic (exact) mass is 273 g/mol. The molecule has 3 nitrogen and oxygen atoms in total. The Morgan fingerprint density at radius 2 is 2.00 bits per heavy atom. The lowest BCUT2D eigenvalue weighted by molar-refractivity contribution is 0.765. The number of benzene rings is 1. The fourth-order valence-corrected chi connectivity index (χ4v) is 3.66. The van der Waals surface area contributed by atoms with Gasteiger partial charge in [-0.2, -0.15) is 0 Å². The zero-order valence-corrected chi connectivity index (χ0v) is 12.4. The van der Waals surface area contributed by atoms with Crippen LogP contribution < -0.4 is 10.6 Å². The third-order valence-electron chi connectivity index (χ3n) is 3.52. The Balaban J connectivity index is 2.22. The minimum absolute atomic E-state index is 0.378. The molecule has 2 heterocycles. The van der Waals surface area contributed by atoms with E-state index in [0.29, 0.717) is 6.04 Å². The molecule has 0 saturated carbocycles. The number of rotatable bonds is 2. The first-order valence-electron chi connectivity index (χ1n) is 6.69. The lowest BCUT2D eigenvalue weighted by atomic mass is 10.2. The van der Waals surface area contributed by atoms with E-state index in [9.17, 15) is 0 Å². The number of aryl methyl sites for hydroxylation is 1. The van der Waals surface area contributed by atoms with Crippen molar-refractivity contribution in [3.05, 3.63) is 36.0 Å². The standard InChI is InChI=1S/C15H19N3S/c1-4-11-9-17-15(14(11)16)18(10(2)3)12-7-5-6-8-13(12)19-17/h5-10H,4,16H2,1-3H3. The lowest BCUT2D eigenvalue weighted by Gasteiger charge is -2.35. The first-order valence-corrected chi connectivity index (χ1v) is 7.47. The summed E-state index contributed by atoms with van der Waals surface area (Å²) in [6.07, 6.45) is 3.13. The normalized spacial score (nSPS) is 13.6. The van der Waals surface area contributed by atoms with Gasteiger partial charge in [0.05, 0.1) is 16.3 Å². The second kappa shape index (κ2) is 4.53. The zero-order chi connectivity index (χ0) is 13.6. The van der Waals surface area contributed by atoms with Gasteiger partial charge < -0.3 is 10.6 Å². The quantitative estimate of drug-likeness (QED) is 0.896. The first-order chi connectivity index (χ1) is 9.13. The molecule has 0 unspecified atom stereocenters. The summed E-state index contributed by atoms with van der Waals surface area (Å²) >= 11 is 1.75. The number of nitrogens with two attached hydrogens (primary N) is 1. The van der Waals surface area contributed by atoms with E-state index < -0.39 is 0 Å². The van der Waals surface area contributed by atoms with Crippen LogP contribution in [0.15, 0.2) is 35.4 Å². The molecular weight excluding hydrogens is 254 g/mol. The minimum atomic E-state index is 0.378. The number of anilines is 3. The topological polar surface area (TPSA) is 34.2 Å². The summed E-state index contributed by atoms with van der Waals surface area (Å²) in [5, 5.41) is 0. The van der Waals surface area contributed by atoms with Crippen LogP contribution >= 0.6 is 11.9 Å². The second-order valence-electron chi connectivity index (χ2n) is 5.09. The Labute approximate surface area is 118 Å². The highest BCUT2D eigenvalue weighted by atomic mass is 32.2. The van der Waals surface area contributed by atoms with Gasteiger partial charge in [0.1, 0.15) is 5.82 Å². The van der Waals surface area contributed by atoms with Crippen LogP contribution in [0.2, 0.25) is 0 Å². The van der Waals surface area contributed by atoms with Gasteiger partial charge in [0, 0.05) is 12.2 Å². The molecule has 0 radical (unpaired) electrons. The second-order valence-corrected chi connectivity index (χ2v) is 6.11. The van der Waals surface area contributed by atoms with Crippen LogP contribution in [0.5, 0.6) is 0 Å². The minimum Gasteiger partial charge on any atom is -0.395 e. The number of hydrogen-bond donors (Lipinski definition) is 1. The van der Waals surface area contributed by atoms with Crippen molar-refractivity contribution in [1.82, 2.24) is 3.97 Å². The van der Waals surface area contributed by atoms with Gasteiger partial charge in [-0.15, -0.1) is 0 Å². The van der Waals surface area contributed by atoms with Crippen LogP contribution in [0.25, 0.3) is 0 Å². The van der Waals surface area contributed by atoms with Crippen molar-refractivity contribution >= 4 is 29.1 Å². The predicted molar refractivity (Wildman–Crippen MR) is 83.2 cm³/mol. The van der Waals surface area contributed by atoms with E-state index >= 15 is 0 Å². The van der Waals surface area contributed by atoms with E-state index in [2.05, 4.69) is 60.1 Å². The molecule has 0 fully saturated rings. The fourth-order valence-electron chi connectivity index (χ4n) is 2.60. The molecule has 2 N–H and O–H groups in total. The number of fused-ring (bicyclic) bond motifs is 2. The van der Waals surface area contributed by atoms with E-state index in [0.717, 1.165) is 17.9 Å². The van der Waals surface area contributed by atoms with Crippen molar-refractivity contribution in [3.63, 3.8) is 0 Å². The number of para-hydroxylation sites is 1. The number of nitrogens with zero attached hydrogens (tertiary/aromatic N) is 2. The van der Waals surface area contributed by atoms with Crippen molar-refractivity contribution in [2.24, 2.45) is 0 Å². The Hall–Kier alpha value is -1.55. The Morgan fingerprint density at radius 1 is 1.26 bits per heavy atom. The van der Waals surface area contributed by atoms with Gasteiger partial charge in [-0.1, -0.05) is 19.1 Å². The van der Waals surface area contributed by atoms with Crippen molar-refractivity contribution < 1.29 is 0 Å². The molecular formula is C15H19N3S. The SMILES string of the molecule is CCc1cn2c(c1N)N(C(C)C)c1ccccc1S2. The average molecular weight is 273 g/mol. The zero-order valence-electron chi connectivity index (χ0n) is 11.6. The van der Waals surface area contributed by atoms with Crippen LogP contribution in [0.4, 0.5) is 17.2 Å². The van der Waals surface area contributed by atoms with E-state index in [1.165, 1.54) is 16.1 Å². The molecule has 0 saturated heterocycles.